The molecule has 0 fully saturated rings. The summed E-state index contributed by atoms with van der Waals surface area (Å²) in [5, 5.41) is 1.13. The number of hydrogen-bond donors (Lipinski definition) is 2. The van der Waals surface area contributed by atoms with Gasteiger partial charge >= 0.3 is 0 Å². The fourth-order valence-corrected chi connectivity index (χ4v) is 4.48. The first kappa shape index (κ1) is 14.4. The zero-order chi connectivity index (χ0) is 14.1. The van der Waals surface area contributed by atoms with Crippen molar-refractivity contribution >= 4 is 34.5 Å². The summed E-state index contributed by atoms with van der Waals surface area (Å²) in [5.74, 6) is 5.77. The number of hydrogen-bond acceptors (Lipinski definition) is 3. The van der Waals surface area contributed by atoms with Crippen LogP contribution in [0, 0.1) is 0 Å². The van der Waals surface area contributed by atoms with E-state index >= 15 is 0 Å². The van der Waals surface area contributed by atoms with Gasteiger partial charge in [0.05, 0.1) is 16.1 Å². The van der Waals surface area contributed by atoms with Crippen LogP contribution in [-0.4, -0.2) is 0 Å². The van der Waals surface area contributed by atoms with Crippen molar-refractivity contribution in [3.05, 3.63) is 55.2 Å². The van der Waals surface area contributed by atoms with Crippen molar-refractivity contribution in [2.24, 2.45) is 5.84 Å². The van der Waals surface area contributed by atoms with E-state index in [4.69, 9.17) is 29.0 Å². The second-order valence-electron chi connectivity index (χ2n) is 5.05. The predicted octanol–water partition coefficient (Wildman–Crippen LogP) is 4.49. The van der Waals surface area contributed by atoms with E-state index in [1.54, 1.807) is 6.07 Å². The maximum atomic E-state index is 6.32. The van der Waals surface area contributed by atoms with Gasteiger partial charge in [0.2, 0.25) is 0 Å². The molecule has 1 aromatic heterocycles. The van der Waals surface area contributed by atoms with Crippen LogP contribution in [0.3, 0.4) is 0 Å². The summed E-state index contributed by atoms with van der Waals surface area (Å²) in [6.45, 7) is 0. The molecule has 2 aromatic rings. The van der Waals surface area contributed by atoms with Gasteiger partial charge in [0.15, 0.2) is 0 Å². The lowest BCUT2D eigenvalue weighted by molar-refractivity contribution is 0.645. The van der Waals surface area contributed by atoms with Crippen molar-refractivity contribution in [2.75, 3.05) is 0 Å². The topological polar surface area (TPSA) is 38.0 Å². The van der Waals surface area contributed by atoms with Gasteiger partial charge < -0.3 is 0 Å². The molecule has 0 radical (unpaired) electrons. The van der Waals surface area contributed by atoms with Crippen LogP contribution in [0.1, 0.15) is 39.8 Å². The van der Waals surface area contributed by atoms with Crippen LogP contribution in [0.2, 0.25) is 10.0 Å². The molecule has 0 amide bonds. The number of halogens is 2. The first-order chi connectivity index (χ1) is 9.70. The molecule has 0 spiro atoms. The monoisotopic (exact) mass is 326 g/mol. The van der Waals surface area contributed by atoms with Crippen molar-refractivity contribution in [3.63, 3.8) is 0 Å². The number of rotatable bonds is 3. The number of aryl methyl sites for hydroxylation is 2. The molecule has 20 heavy (non-hydrogen) atoms. The van der Waals surface area contributed by atoms with Crippen LogP contribution in [0.4, 0.5) is 0 Å². The second kappa shape index (κ2) is 6.04. The summed E-state index contributed by atoms with van der Waals surface area (Å²) < 4.78 is 0. The standard InChI is InChI=1S/C15H16Cl2N2S/c16-11-6-3-5-10(14(11)17)15(19-18)13-8-9-4-1-2-7-12(9)20-13/h3,5-6,8,15,19H,1-2,4,7,18H2. The highest BCUT2D eigenvalue weighted by molar-refractivity contribution is 7.12. The number of thiophene rings is 1. The Labute approximate surface area is 132 Å². The van der Waals surface area contributed by atoms with Crippen molar-refractivity contribution in [1.82, 2.24) is 5.43 Å². The van der Waals surface area contributed by atoms with E-state index in [9.17, 15) is 0 Å². The Kier molecular flexibility index (Phi) is 4.34. The molecule has 1 aromatic carbocycles. The van der Waals surface area contributed by atoms with E-state index in [2.05, 4.69) is 11.5 Å². The van der Waals surface area contributed by atoms with Crippen LogP contribution in [-0.2, 0) is 12.8 Å². The molecule has 0 bridgehead atoms. The van der Waals surface area contributed by atoms with Gasteiger partial charge in [0.1, 0.15) is 0 Å². The van der Waals surface area contributed by atoms with Gasteiger partial charge in [-0.05, 0) is 48.9 Å². The lowest BCUT2D eigenvalue weighted by atomic mass is 9.98. The molecule has 0 saturated heterocycles. The van der Waals surface area contributed by atoms with Gasteiger partial charge in [-0.25, -0.2) is 5.43 Å². The molecule has 0 aliphatic heterocycles. The van der Waals surface area contributed by atoms with E-state index in [0.29, 0.717) is 10.0 Å². The third kappa shape index (κ3) is 2.61. The molecule has 1 aliphatic rings. The minimum atomic E-state index is -0.100. The molecular formula is C15H16Cl2N2S. The zero-order valence-electron chi connectivity index (χ0n) is 11.0. The summed E-state index contributed by atoms with van der Waals surface area (Å²) in [6, 6.07) is 7.83. The van der Waals surface area contributed by atoms with Crippen molar-refractivity contribution in [1.29, 1.82) is 0 Å². The highest BCUT2D eigenvalue weighted by Gasteiger charge is 2.22. The predicted molar refractivity (Wildman–Crippen MR) is 86.6 cm³/mol. The molecule has 0 saturated carbocycles. The zero-order valence-corrected chi connectivity index (χ0v) is 13.3. The molecule has 1 atom stereocenters. The van der Waals surface area contributed by atoms with Gasteiger partial charge in [-0.15, -0.1) is 11.3 Å². The molecule has 1 aliphatic carbocycles. The van der Waals surface area contributed by atoms with Crippen molar-refractivity contribution in [2.45, 2.75) is 31.7 Å². The van der Waals surface area contributed by atoms with E-state index < -0.39 is 0 Å². The average Bonchev–Trinajstić information content (AvgIpc) is 2.87. The quantitative estimate of drug-likeness (QED) is 0.644. The highest BCUT2D eigenvalue weighted by Crippen LogP contribution is 2.38. The van der Waals surface area contributed by atoms with E-state index in [1.165, 1.54) is 41.0 Å². The van der Waals surface area contributed by atoms with Gasteiger partial charge in [-0.2, -0.15) is 0 Å². The average molecular weight is 327 g/mol. The van der Waals surface area contributed by atoms with Crippen molar-refractivity contribution < 1.29 is 0 Å². The minimum absolute atomic E-state index is 0.100. The third-order valence-corrected chi connectivity index (χ3v) is 5.89. The number of nitrogens with one attached hydrogen (secondary N) is 1. The minimum Gasteiger partial charge on any atom is -0.271 e. The Morgan fingerprint density at radius 2 is 2.00 bits per heavy atom. The summed E-state index contributed by atoms with van der Waals surface area (Å²) in [5.41, 5.74) is 5.28. The third-order valence-electron chi connectivity index (χ3n) is 3.76. The molecular weight excluding hydrogens is 311 g/mol. The molecule has 5 heteroatoms. The van der Waals surface area contributed by atoms with Gasteiger partial charge in [-0.1, -0.05) is 35.3 Å². The molecule has 3 rings (SSSR count). The van der Waals surface area contributed by atoms with Gasteiger partial charge in [-0.3, -0.25) is 5.84 Å². The summed E-state index contributed by atoms with van der Waals surface area (Å²) in [6.07, 6.45) is 4.92. The van der Waals surface area contributed by atoms with E-state index in [0.717, 1.165) is 5.56 Å². The fraction of sp³-hybridized carbons (Fsp3) is 0.333. The van der Waals surface area contributed by atoms with Crippen molar-refractivity contribution in [3.8, 4) is 0 Å². The highest BCUT2D eigenvalue weighted by atomic mass is 35.5. The Morgan fingerprint density at radius 1 is 1.20 bits per heavy atom. The second-order valence-corrected chi connectivity index (χ2v) is 7.00. The number of nitrogens with two attached hydrogens (primary N) is 1. The molecule has 1 unspecified atom stereocenters. The maximum Gasteiger partial charge on any atom is 0.0817 e. The fourth-order valence-electron chi connectivity index (χ4n) is 2.72. The van der Waals surface area contributed by atoms with Crippen LogP contribution in [0.15, 0.2) is 24.3 Å². The van der Waals surface area contributed by atoms with Crippen LogP contribution in [0.5, 0.6) is 0 Å². The lowest BCUT2D eigenvalue weighted by Gasteiger charge is -2.16. The molecule has 2 nitrogen and oxygen atoms in total. The van der Waals surface area contributed by atoms with E-state index in [1.807, 2.05) is 23.5 Å². The SMILES string of the molecule is NNC(c1cc2c(s1)CCCC2)c1cccc(Cl)c1Cl. The largest absolute Gasteiger partial charge is 0.271 e. The molecule has 1 heterocycles. The summed E-state index contributed by atoms with van der Waals surface area (Å²) >= 11 is 14.3. The normalized spacial score (nSPS) is 15.9. The Balaban J connectivity index is 2.01. The Morgan fingerprint density at radius 3 is 2.75 bits per heavy atom. The number of fused-ring (bicyclic) bond motifs is 1. The Bertz CT molecular complexity index is 601. The smallest absolute Gasteiger partial charge is 0.0817 e. The Hall–Kier alpha value is -0.580. The van der Waals surface area contributed by atoms with Gasteiger partial charge in [0.25, 0.3) is 0 Å². The lowest BCUT2D eigenvalue weighted by Crippen LogP contribution is -2.28. The molecule has 3 N–H and O–H groups in total. The first-order valence-corrected chi connectivity index (χ1v) is 8.29. The van der Waals surface area contributed by atoms with E-state index in [-0.39, 0.29) is 6.04 Å². The number of benzene rings is 1. The van der Waals surface area contributed by atoms with Gasteiger partial charge in [0, 0.05) is 9.75 Å². The number of hydrazine groups is 1. The van der Waals surface area contributed by atoms with Crippen LogP contribution < -0.4 is 11.3 Å². The maximum absolute atomic E-state index is 6.32. The van der Waals surface area contributed by atoms with Crippen LogP contribution in [0.25, 0.3) is 0 Å². The summed E-state index contributed by atoms with van der Waals surface area (Å²) in [7, 11) is 0. The first-order valence-electron chi connectivity index (χ1n) is 6.72. The molecule has 106 valence electrons. The van der Waals surface area contributed by atoms with Crippen LogP contribution >= 0.6 is 34.5 Å². The summed E-state index contributed by atoms with van der Waals surface area (Å²) in [4.78, 5) is 2.70.